The van der Waals surface area contributed by atoms with Crippen LogP contribution in [0.5, 0.6) is 0 Å². The lowest BCUT2D eigenvalue weighted by Crippen LogP contribution is -2.26. The first-order valence-corrected chi connectivity index (χ1v) is 6.21. The topological polar surface area (TPSA) is 15.3 Å². The van der Waals surface area contributed by atoms with Crippen LogP contribution in [0.3, 0.4) is 0 Å². The van der Waals surface area contributed by atoms with Gasteiger partial charge >= 0.3 is 0 Å². The zero-order chi connectivity index (χ0) is 12.6. The number of benzene rings is 1. The van der Waals surface area contributed by atoms with Crippen molar-refractivity contribution in [2.75, 3.05) is 11.9 Å². The molecule has 0 atom stereocenters. The van der Waals surface area contributed by atoms with E-state index in [9.17, 15) is 4.39 Å². The second kappa shape index (κ2) is 4.30. The summed E-state index contributed by atoms with van der Waals surface area (Å²) in [4.78, 5) is 2.24. The number of fused-ring (bicyclic) bond motifs is 1. The summed E-state index contributed by atoms with van der Waals surface area (Å²) in [7, 11) is 0. The Labute approximate surface area is 103 Å². The first-order chi connectivity index (χ1) is 7.89. The lowest BCUT2D eigenvalue weighted by molar-refractivity contribution is 0.298. The van der Waals surface area contributed by atoms with Crippen LogP contribution in [0, 0.1) is 5.82 Å². The Morgan fingerprint density at radius 3 is 2.59 bits per heavy atom. The minimum atomic E-state index is -0.0785. The van der Waals surface area contributed by atoms with E-state index in [-0.39, 0.29) is 11.4 Å². The number of anilines is 1. The van der Waals surface area contributed by atoms with E-state index in [0.29, 0.717) is 0 Å². The number of halogens is 1. The normalized spacial score (nSPS) is 16.1. The summed E-state index contributed by atoms with van der Waals surface area (Å²) in [6, 6.07) is 3.70. The van der Waals surface area contributed by atoms with E-state index in [2.05, 4.69) is 44.0 Å². The Kier molecular flexibility index (Phi) is 3.13. The van der Waals surface area contributed by atoms with Crippen molar-refractivity contribution in [1.29, 1.82) is 0 Å². The molecule has 0 aliphatic carbocycles. The molecule has 17 heavy (non-hydrogen) atoms. The van der Waals surface area contributed by atoms with Crippen LogP contribution in [-0.2, 0) is 13.1 Å². The smallest absolute Gasteiger partial charge is 0.130 e. The molecule has 0 saturated carbocycles. The molecular weight excluding hydrogens is 215 g/mol. The summed E-state index contributed by atoms with van der Waals surface area (Å²) in [5.41, 5.74) is 2.83. The van der Waals surface area contributed by atoms with Crippen LogP contribution in [0.1, 0.15) is 38.8 Å². The van der Waals surface area contributed by atoms with Gasteiger partial charge in [-0.15, -0.1) is 0 Å². The highest BCUT2D eigenvalue weighted by Gasteiger charge is 2.22. The number of hydrogen-bond acceptors (Lipinski definition) is 2. The molecule has 0 amide bonds. The van der Waals surface area contributed by atoms with Gasteiger partial charge in [-0.25, -0.2) is 4.39 Å². The number of hydrogen-bond donors (Lipinski definition) is 1. The van der Waals surface area contributed by atoms with E-state index in [1.165, 1.54) is 0 Å². The van der Waals surface area contributed by atoms with Crippen molar-refractivity contribution >= 4 is 5.69 Å². The van der Waals surface area contributed by atoms with E-state index in [4.69, 9.17) is 0 Å². The molecule has 94 valence electrons. The van der Waals surface area contributed by atoms with Crippen molar-refractivity contribution < 1.29 is 4.39 Å². The highest BCUT2D eigenvalue weighted by Crippen LogP contribution is 2.29. The van der Waals surface area contributed by atoms with E-state index in [0.717, 1.165) is 36.4 Å². The highest BCUT2D eigenvalue weighted by molar-refractivity contribution is 5.51. The van der Waals surface area contributed by atoms with Gasteiger partial charge in [0.1, 0.15) is 5.82 Å². The van der Waals surface area contributed by atoms with Gasteiger partial charge in [0.15, 0.2) is 0 Å². The fourth-order valence-corrected chi connectivity index (χ4v) is 2.26. The van der Waals surface area contributed by atoms with Crippen molar-refractivity contribution in [2.24, 2.45) is 0 Å². The van der Waals surface area contributed by atoms with Gasteiger partial charge in [0.05, 0.1) is 0 Å². The van der Waals surface area contributed by atoms with Crippen molar-refractivity contribution in [3.63, 3.8) is 0 Å². The van der Waals surface area contributed by atoms with Gasteiger partial charge in [-0.1, -0.05) is 6.92 Å². The van der Waals surface area contributed by atoms with Crippen molar-refractivity contribution in [2.45, 2.75) is 46.3 Å². The second-order valence-corrected chi connectivity index (χ2v) is 5.77. The molecule has 0 aromatic heterocycles. The van der Waals surface area contributed by atoms with Crippen LogP contribution in [0.15, 0.2) is 12.1 Å². The predicted molar refractivity (Wildman–Crippen MR) is 69.6 cm³/mol. The Balaban J connectivity index is 2.27. The summed E-state index contributed by atoms with van der Waals surface area (Å²) >= 11 is 0. The number of nitrogens with zero attached hydrogens (tertiary/aromatic N) is 1. The highest BCUT2D eigenvalue weighted by atomic mass is 19.1. The second-order valence-electron chi connectivity index (χ2n) is 5.77. The molecule has 1 aliphatic rings. The Morgan fingerprint density at radius 1 is 1.29 bits per heavy atom. The average Bonchev–Trinajstić information content (AvgIpc) is 2.58. The SMILES string of the molecule is CCN1Cc2cc(NC(C)(C)C)cc(F)c2C1. The van der Waals surface area contributed by atoms with Crippen LogP contribution >= 0.6 is 0 Å². The average molecular weight is 236 g/mol. The Bertz CT molecular complexity index is 421. The first-order valence-electron chi connectivity index (χ1n) is 6.21. The summed E-state index contributed by atoms with van der Waals surface area (Å²) in [5, 5.41) is 3.33. The minimum absolute atomic E-state index is 0.0380. The summed E-state index contributed by atoms with van der Waals surface area (Å²) in [6.07, 6.45) is 0. The number of nitrogens with one attached hydrogen (secondary N) is 1. The van der Waals surface area contributed by atoms with Gasteiger partial charge in [0, 0.05) is 29.9 Å². The molecule has 0 unspecified atom stereocenters. The lowest BCUT2D eigenvalue weighted by atomic mass is 10.1. The van der Waals surface area contributed by atoms with Gasteiger partial charge in [-0.05, 0) is 45.0 Å². The van der Waals surface area contributed by atoms with Gasteiger partial charge in [0.25, 0.3) is 0 Å². The van der Waals surface area contributed by atoms with Crippen LogP contribution in [-0.4, -0.2) is 17.0 Å². The van der Waals surface area contributed by atoms with Crippen LogP contribution < -0.4 is 5.32 Å². The molecule has 1 N–H and O–H groups in total. The molecule has 0 spiro atoms. The standard InChI is InChI=1S/C14H21FN2/c1-5-17-8-10-6-11(16-14(2,3)4)7-13(15)12(10)9-17/h6-7,16H,5,8-9H2,1-4H3. The first kappa shape index (κ1) is 12.4. The molecule has 1 aromatic rings. The molecule has 1 aromatic carbocycles. The van der Waals surface area contributed by atoms with Crippen molar-refractivity contribution in [3.8, 4) is 0 Å². The molecule has 0 fully saturated rings. The summed E-state index contributed by atoms with van der Waals surface area (Å²) in [6.45, 7) is 10.9. The van der Waals surface area contributed by atoms with E-state index in [1.807, 2.05) is 0 Å². The van der Waals surface area contributed by atoms with Gasteiger partial charge < -0.3 is 5.32 Å². The van der Waals surface area contributed by atoms with E-state index < -0.39 is 0 Å². The molecule has 1 heterocycles. The third kappa shape index (κ3) is 2.78. The van der Waals surface area contributed by atoms with Gasteiger partial charge in [0.2, 0.25) is 0 Å². The van der Waals surface area contributed by atoms with Crippen LogP contribution in [0.4, 0.5) is 10.1 Å². The quantitative estimate of drug-likeness (QED) is 0.847. The molecule has 0 radical (unpaired) electrons. The maximum atomic E-state index is 14.0. The zero-order valence-electron chi connectivity index (χ0n) is 11.1. The maximum absolute atomic E-state index is 14.0. The lowest BCUT2D eigenvalue weighted by Gasteiger charge is -2.22. The summed E-state index contributed by atoms with van der Waals surface area (Å²) < 4.78 is 14.0. The van der Waals surface area contributed by atoms with Crippen molar-refractivity contribution in [3.05, 3.63) is 29.1 Å². The minimum Gasteiger partial charge on any atom is -0.380 e. The largest absolute Gasteiger partial charge is 0.380 e. The molecular formula is C14H21FN2. The monoisotopic (exact) mass is 236 g/mol. The zero-order valence-corrected chi connectivity index (χ0v) is 11.1. The van der Waals surface area contributed by atoms with Crippen LogP contribution in [0.25, 0.3) is 0 Å². The third-order valence-corrected chi connectivity index (χ3v) is 3.03. The van der Waals surface area contributed by atoms with E-state index in [1.54, 1.807) is 6.07 Å². The fourth-order valence-electron chi connectivity index (χ4n) is 2.26. The van der Waals surface area contributed by atoms with E-state index >= 15 is 0 Å². The Hall–Kier alpha value is -1.09. The molecule has 1 aliphatic heterocycles. The van der Waals surface area contributed by atoms with Gasteiger partial charge in [-0.2, -0.15) is 0 Å². The fraction of sp³-hybridized carbons (Fsp3) is 0.571. The molecule has 0 saturated heterocycles. The molecule has 3 heteroatoms. The van der Waals surface area contributed by atoms with Crippen molar-refractivity contribution in [1.82, 2.24) is 4.90 Å². The Morgan fingerprint density at radius 2 is 2.00 bits per heavy atom. The molecule has 2 nitrogen and oxygen atoms in total. The van der Waals surface area contributed by atoms with Crippen LogP contribution in [0.2, 0.25) is 0 Å². The predicted octanol–water partition coefficient (Wildman–Crippen LogP) is 3.37. The van der Waals surface area contributed by atoms with Gasteiger partial charge in [-0.3, -0.25) is 4.90 Å². The molecule has 2 rings (SSSR count). The third-order valence-electron chi connectivity index (χ3n) is 3.03. The maximum Gasteiger partial charge on any atom is 0.130 e. The molecule has 0 bridgehead atoms. The summed E-state index contributed by atoms with van der Waals surface area (Å²) in [5.74, 6) is -0.0785. The number of rotatable bonds is 2.